The number of rotatable bonds is 4. The highest BCUT2D eigenvalue weighted by Gasteiger charge is 2.18. The van der Waals surface area contributed by atoms with E-state index in [0.717, 1.165) is 5.56 Å². The van der Waals surface area contributed by atoms with E-state index in [9.17, 15) is 4.79 Å². The number of pyridine rings is 1. The second kappa shape index (κ2) is 5.72. The van der Waals surface area contributed by atoms with Crippen LogP contribution in [0.5, 0.6) is 0 Å². The van der Waals surface area contributed by atoms with Crippen LogP contribution in [0.3, 0.4) is 0 Å². The zero-order valence-corrected chi connectivity index (χ0v) is 11.1. The summed E-state index contributed by atoms with van der Waals surface area (Å²) in [4.78, 5) is 18.2. The highest BCUT2D eigenvalue weighted by molar-refractivity contribution is 7.80. The van der Waals surface area contributed by atoms with E-state index in [1.165, 1.54) is 0 Å². The Bertz CT molecular complexity index is 434. The van der Waals surface area contributed by atoms with Crippen molar-refractivity contribution in [2.75, 3.05) is 13.6 Å². The Morgan fingerprint density at radius 2 is 2.29 bits per heavy atom. The second-order valence-electron chi connectivity index (χ2n) is 4.16. The van der Waals surface area contributed by atoms with Gasteiger partial charge in [-0.25, -0.2) is 0 Å². The lowest BCUT2D eigenvalue weighted by atomic mass is 10.1. The smallest absolute Gasteiger partial charge is 0.272 e. The first-order valence-electron chi connectivity index (χ1n) is 5.40. The molecule has 92 valence electrons. The average molecular weight is 251 g/mol. The van der Waals surface area contributed by atoms with Gasteiger partial charge < -0.3 is 10.6 Å². The lowest BCUT2D eigenvalue weighted by Crippen LogP contribution is -2.36. The van der Waals surface area contributed by atoms with Crippen molar-refractivity contribution in [2.24, 2.45) is 11.7 Å². The van der Waals surface area contributed by atoms with E-state index in [-0.39, 0.29) is 11.8 Å². The SMILES string of the molecule is Cc1cccnc1C(=O)N(C)CC(C)C(N)=S. The highest BCUT2D eigenvalue weighted by Crippen LogP contribution is 2.08. The van der Waals surface area contributed by atoms with Gasteiger partial charge in [0.05, 0.1) is 4.99 Å². The number of aromatic nitrogens is 1. The zero-order valence-electron chi connectivity index (χ0n) is 10.3. The molecular weight excluding hydrogens is 234 g/mol. The van der Waals surface area contributed by atoms with Crippen LogP contribution in [0.25, 0.3) is 0 Å². The van der Waals surface area contributed by atoms with Gasteiger partial charge in [0.25, 0.3) is 5.91 Å². The fourth-order valence-electron chi connectivity index (χ4n) is 1.47. The highest BCUT2D eigenvalue weighted by atomic mass is 32.1. The van der Waals surface area contributed by atoms with Gasteiger partial charge in [-0.3, -0.25) is 9.78 Å². The Kier molecular flexibility index (Phi) is 4.57. The van der Waals surface area contributed by atoms with E-state index in [1.54, 1.807) is 18.1 Å². The quantitative estimate of drug-likeness (QED) is 0.821. The number of hydrogen-bond donors (Lipinski definition) is 1. The summed E-state index contributed by atoms with van der Waals surface area (Å²) >= 11 is 4.89. The molecule has 1 aromatic rings. The van der Waals surface area contributed by atoms with Gasteiger partial charge >= 0.3 is 0 Å². The normalized spacial score (nSPS) is 11.9. The standard InChI is InChI=1S/C12H17N3OS/c1-8-5-4-6-14-10(8)12(16)15(3)7-9(2)11(13)17/h4-6,9H,7H2,1-3H3,(H2,13,17). The maximum absolute atomic E-state index is 12.1. The lowest BCUT2D eigenvalue weighted by Gasteiger charge is -2.21. The number of nitrogens with two attached hydrogens (primary N) is 1. The van der Waals surface area contributed by atoms with Crippen LogP contribution >= 0.6 is 12.2 Å². The molecule has 1 rings (SSSR count). The molecule has 0 aliphatic rings. The summed E-state index contributed by atoms with van der Waals surface area (Å²) in [5, 5.41) is 0. The van der Waals surface area contributed by atoms with E-state index < -0.39 is 0 Å². The molecule has 1 atom stereocenters. The predicted octanol–water partition coefficient (Wildman–Crippen LogP) is 1.38. The Morgan fingerprint density at radius 1 is 1.65 bits per heavy atom. The number of carbonyl (C=O) groups excluding carboxylic acids is 1. The molecule has 0 bridgehead atoms. The third-order valence-electron chi connectivity index (χ3n) is 2.59. The Labute approximate surface area is 107 Å². The van der Waals surface area contributed by atoms with Crippen LogP contribution in [0, 0.1) is 12.8 Å². The Balaban J connectivity index is 2.77. The van der Waals surface area contributed by atoms with Crippen LogP contribution < -0.4 is 5.73 Å². The molecule has 0 saturated carbocycles. The van der Waals surface area contributed by atoms with Gasteiger partial charge in [0.1, 0.15) is 5.69 Å². The Hall–Kier alpha value is -1.49. The third kappa shape index (κ3) is 3.49. The molecule has 1 amide bonds. The average Bonchev–Trinajstić information content (AvgIpc) is 2.28. The van der Waals surface area contributed by atoms with Gasteiger partial charge in [-0.1, -0.05) is 25.2 Å². The van der Waals surface area contributed by atoms with Gasteiger partial charge in [-0.2, -0.15) is 0 Å². The molecule has 17 heavy (non-hydrogen) atoms. The van der Waals surface area contributed by atoms with Gasteiger partial charge in [-0.15, -0.1) is 0 Å². The van der Waals surface area contributed by atoms with E-state index in [4.69, 9.17) is 18.0 Å². The third-order valence-corrected chi connectivity index (χ3v) is 2.99. The first-order valence-corrected chi connectivity index (χ1v) is 5.80. The van der Waals surface area contributed by atoms with Crippen LogP contribution in [0.15, 0.2) is 18.3 Å². The fourth-order valence-corrected chi connectivity index (χ4v) is 1.55. The summed E-state index contributed by atoms with van der Waals surface area (Å²) in [6, 6.07) is 3.68. The van der Waals surface area contributed by atoms with Gasteiger partial charge in [0.15, 0.2) is 0 Å². The fraction of sp³-hybridized carbons (Fsp3) is 0.417. The molecule has 2 N–H and O–H groups in total. The van der Waals surface area contributed by atoms with Gasteiger partial charge in [-0.05, 0) is 18.6 Å². The number of amides is 1. The molecule has 4 nitrogen and oxygen atoms in total. The van der Waals surface area contributed by atoms with Crippen LogP contribution in [0.4, 0.5) is 0 Å². The maximum atomic E-state index is 12.1. The summed E-state index contributed by atoms with van der Waals surface area (Å²) in [6.45, 7) is 4.27. The van der Waals surface area contributed by atoms with Crippen LogP contribution in [0.2, 0.25) is 0 Å². The van der Waals surface area contributed by atoms with Crippen molar-refractivity contribution in [3.05, 3.63) is 29.6 Å². The molecule has 0 radical (unpaired) electrons. The largest absolute Gasteiger partial charge is 0.393 e. The van der Waals surface area contributed by atoms with E-state index in [1.807, 2.05) is 26.0 Å². The zero-order chi connectivity index (χ0) is 13.0. The van der Waals surface area contributed by atoms with Crippen molar-refractivity contribution in [1.82, 2.24) is 9.88 Å². The Morgan fingerprint density at radius 3 is 2.82 bits per heavy atom. The molecule has 5 heteroatoms. The van der Waals surface area contributed by atoms with Crippen molar-refractivity contribution in [2.45, 2.75) is 13.8 Å². The van der Waals surface area contributed by atoms with Gasteiger partial charge in [0.2, 0.25) is 0 Å². The minimum absolute atomic E-state index is 0.00275. The molecule has 1 unspecified atom stereocenters. The predicted molar refractivity (Wildman–Crippen MR) is 71.9 cm³/mol. The molecule has 1 heterocycles. The van der Waals surface area contributed by atoms with Crippen LogP contribution in [-0.2, 0) is 0 Å². The minimum Gasteiger partial charge on any atom is -0.393 e. The van der Waals surface area contributed by atoms with Gasteiger partial charge in [0, 0.05) is 25.7 Å². The number of nitrogens with zero attached hydrogens (tertiary/aromatic N) is 2. The maximum Gasteiger partial charge on any atom is 0.272 e. The lowest BCUT2D eigenvalue weighted by molar-refractivity contribution is 0.0780. The molecule has 1 aromatic heterocycles. The van der Waals surface area contributed by atoms with Crippen molar-refractivity contribution in [3.63, 3.8) is 0 Å². The number of thiocarbonyl (C=S) groups is 1. The van der Waals surface area contributed by atoms with Crippen LogP contribution in [0.1, 0.15) is 23.0 Å². The number of carbonyl (C=O) groups is 1. The summed E-state index contributed by atoms with van der Waals surface area (Å²) in [5.41, 5.74) is 6.88. The molecule has 0 aliphatic carbocycles. The van der Waals surface area contributed by atoms with E-state index >= 15 is 0 Å². The number of hydrogen-bond acceptors (Lipinski definition) is 3. The molecule has 0 aliphatic heterocycles. The topological polar surface area (TPSA) is 59.2 Å². The monoisotopic (exact) mass is 251 g/mol. The molecule has 0 spiro atoms. The summed E-state index contributed by atoms with van der Waals surface area (Å²) in [7, 11) is 1.73. The summed E-state index contributed by atoms with van der Waals surface area (Å²) in [6.07, 6.45) is 1.62. The summed E-state index contributed by atoms with van der Waals surface area (Å²) < 4.78 is 0. The van der Waals surface area contributed by atoms with Crippen molar-refractivity contribution in [3.8, 4) is 0 Å². The van der Waals surface area contributed by atoms with Crippen LogP contribution in [-0.4, -0.2) is 34.4 Å². The second-order valence-corrected chi connectivity index (χ2v) is 4.63. The first-order chi connectivity index (χ1) is 7.93. The van der Waals surface area contributed by atoms with Crippen molar-refractivity contribution < 1.29 is 4.79 Å². The molecule has 0 aromatic carbocycles. The number of aryl methyl sites for hydroxylation is 1. The van der Waals surface area contributed by atoms with Crippen molar-refractivity contribution in [1.29, 1.82) is 0 Å². The van der Waals surface area contributed by atoms with E-state index in [2.05, 4.69) is 4.98 Å². The van der Waals surface area contributed by atoms with E-state index in [0.29, 0.717) is 17.2 Å². The molecule has 0 fully saturated rings. The molecular formula is C12H17N3OS. The summed E-state index contributed by atoms with van der Waals surface area (Å²) in [5.74, 6) is -0.103. The van der Waals surface area contributed by atoms with Crippen molar-refractivity contribution >= 4 is 23.1 Å². The first kappa shape index (κ1) is 13.6. The molecule has 0 saturated heterocycles. The minimum atomic E-state index is -0.105.